The fraction of sp³-hybridized carbons (Fsp3) is 1.00. The van der Waals surface area contributed by atoms with Crippen molar-refractivity contribution in [2.24, 2.45) is 11.8 Å². The first-order valence-corrected chi connectivity index (χ1v) is 5.49. The van der Waals surface area contributed by atoms with E-state index < -0.39 is 0 Å². The lowest BCUT2D eigenvalue weighted by Gasteiger charge is -2.29. The lowest BCUT2D eigenvalue weighted by atomic mass is 9.86. The van der Waals surface area contributed by atoms with Gasteiger partial charge in [-0.05, 0) is 38.9 Å². The molecule has 0 aromatic carbocycles. The number of hydrogen-bond acceptors (Lipinski definition) is 2. The summed E-state index contributed by atoms with van der Waals surface area (Å²) in [5, 5.41) is 6.71. The largest absolute Gasteiger partial charge is 0.319 e. The zero-order valence-corrected chi connectivity index (χ0v) is 9.85. The molecular weight excluding hydrogens is 160 g/mol. The standard InChI is InChI=1S/C11H26N2/c1-6-7-11(13-5)10(8-12-4)9(2)3/h9-13H,6-8H2,1-5H3. The predicted molar refractivity (Wildman–Crippen MR) is 60.0 cm³/mol. The molecule has 2 unspecified atom stereocenters. The fourth-order valence-electron chi connectivity index (χ4n) is 1.96. The van der Waals surface area contributed by atoms with Crippen LogP contribution in [0.5, 0.6) is 0 Å². The van der Waals surface area contributed by atoms with Crippen molar-refractivity contribution in [3.8, 4) is 0 Å². The summed E-state index contributed by atoms with van der Waals surface area (Å²) in [4.78, 5) is 0. The molecule has 0 aliphatic carbocycles. The Morgan fingerprint density at radius 1 is 1.15 bits per heavy atom. The van der Waals surface area contributed by atoms with Gasteiger partial charge in [-0.3, -0.25) is 0 Å². The maximum Gasteiger partial charge on any atom is 0.0107 e. The van der Waals surface area contributed by atoms with Crippen molar-refractivity contribution in [1.82, 2.24) is 10.6 Å². The normalized spacial score (nSPS) is 16.2. The van der Waals surface area contributed by atoms with Gasteiger partial charge in [-0.25, -0.2) is 0 Å². The van der Waals surface area contributed by atoms with E-state index in [1.54, 1.807) is 0 Å². The van der Waals surface area contributed by atoms with Crippen LogP contribution in [0.1, 0.15) is 33.6 Å². The minimum atomic E-state index is 0.664. The molecule has 0 aromatic heterocycles. The van der Waals surface area contributed by atoms with Gasteiger partial charge < -0.3 is 10.6 Å². The first-order chi connectivity index (χ1) is 6.17. The van der Waals surface area contributed by atoms with E-state index in [-0.39, 0.29) is 0 Å². The summed E-state index contributed by atoms with van der Waals surface area (Å²) in [6, 6.07) is 0.664. The molecule has 0 radical (unpaired) electrons. The highest BCUT2D eigenvalue weighted by atomic mass is 14.9. The summed E-state index contributed by atoms with van der Waals surface area (Å²) in [6.45, 7) is 7.98. The average molecular weight is 186 g/mol. The highest BCUT2D eigenvalue weighted by Gasteiger charge is 2.21. The van der Waals surface area contributed by atoms with Gasteiger partial charge in [0.25, 0.3) is 0 Å². The van der Waals surface area contributed by atoms with Crippen LogP contribution in [0, 0.1) is 11.8 Å². The van der Waals surface area contributed by atoms with Crippen molar-refractivity contribution >= 4 is 0 Å². The maximum absolute atomic E-state index is 3.43. The van der Waals surface area contributed by atoms with E-state index in [4.69, 9.17) is 0 Å². The lowest BCUT2D eigenvalue weighted by molar-refractivity contribution is 0.268. The van der Waals surface area contributed by atoms with E-state index in [1.165, 1.54) is 12.8 Å². The number of nitrogens with one attached hydrogen (secondary N) is 2. The van der Waals surface area contributed by atoms with E-state index in [9.17, 15) is 0 Å². The van der Waals surface area contributed by atoms with Gasteiger partial charge >= 0.3 is 0 Å². The molecule has 0 rings (SSSR count). The fourth-order valence-corrected chi connectivity index (χ4v) is 1.96. The molecule has 13 heavy (non-hydrogen) atoms. The minimum absolute atomic E-state index is 0.664. The lowest BCUT2D eigenvalue weighted by Crippen LogP contribution is -2.41. The number of rotatable bonds is 7. The van der Waals surface area contributed by atoms with Crippen molar-refractivity contribution in [2.45, 2.75) is 39.7 Å². The second-order valence-corrected chi connectivity index (χ2v) is 4.15. The Morgan fingerprint density at radius 2 is 1.77 bits per heavy atom. The van der Waals surface area contributed by atoms with Crippen molar-refractivity contribution < 1.29 is 0 Å². The Morgan fingerprint density at radius 3 is 2.08 bits per heavy atom. The van der Waals surface area contributed by atoms with Gasteiger partial charge in [0, 0.05) is 6.04 Å². The molecule has 0 spiro atoms. The zero-order valence-electron chi connectivity index (χ0n) is 9.85. The highest BCUT2D eigenvalue weighted by molar-refractivity contribution is 4.78. The third kappa shape index (κ3) is 4.63. The molecule has 0 fully saturated rings. The van der Waals surface area contributed by atoms with Gasteiger partial charge in [0.15, 0.2) is 0 Å². The minimum Gasteiger partial charge on any atom is -0.319 e. The maximum atomic E-state index is 3.43. The summed E-state index contributed by atoms with van der Waals surface area (Å²) in [5.41, 5.74) is 0. The Hall–Kier alpha value is -0.0800. The molecule has 2 nitrogen and oxygen atoms in total. The molecular formula is C11H26N2. The monoisotopic (exact) mass is 186 g/mol. The van der Waals surface area contributed by atoms with E-state index in [0.717, 1.165) is 18.4 Å². The van der Waals surface area contributed by atoms with Crippen LogP contribution < -0.4 is 10.6 Å². The molecule has 0 saturated heterocycles. The van der Waals surface area contributed by atoms with E-state index in [2.05, 4.69) is 38.5 Å². The second kappa shape index (κ2) is 7.34. The van der Waals surface area contributed by atoms with Crippen molar-refractivity contribution in [1.29, 1.82) is 0 Å². The van der Waals surface area contributed by atoms with Crippen LogP contribution >= 0.6 is 0 Å². The molecule has 0 saturated carbocycles. The summed E-state index contributed by atoms with van der Waals surface area (Å²) in [6.07, 6.45) is 2.54. The molecule has 2 N–H and O–H groups in total. The molecule has 0 bridgehead atoms. The van der Waals surface area contributed by atoms with Crippen LogP contribution in [0.25, 0.3) is 0 Å². The smallest absolute Gasteiger partial charge is 0.0107 e. The molecule has 0 heterocycles. The average Bonchev–Trinajstić information content (AvgIpc) is 2.10. The van der Waals surface area contributed by atoms with Gasteiger partial charge in [0.05, 0.1) is 0 Å². The van der Waals surface area contributed by atoms with E-state index >= 15 is 0 Å². The quantitative estimate of drug-likeness (QED) is 0.634. The molecule has 0 aromatic rings. The third-order valence-corrected chi connectivity index (χ3v) is 2.78. The molecule has 0 aliphatic rings. The van der Waals surface area contributed by atoms with Crippen LogP contribution in [0.15, 0.2) is 0 Å². The Kier molecular flexibility index (Phi) is 7.29. The molecule has 80 valence electrons. The third-order valence-electron chi connectivity index (χ3n) is 2.78. The first-order valence-electron chi connectivity index (χ1n) is 5.49. The highest BCUT2D eigenvalue weighted by Crippen LogP contribution is 2.17. The van der Waals surface area contributed by atoms with Gasteiger partial charge in [-0.15, -0.1) is 0 Å². The van der Waals surface area contributed by atoms with Crippen LogP contribution in [0.2, 0.25) is 0 Å². The van der Waals surface area contributed by atoms with Crippen LogP contribution in [-0.2, 0) is 0 Å². The summed E-state index contributed by atoms with van der Waals surface area (Å²) >= 11 is 0. The first kappa shape index (κ1) is 12.9. The number of hydrogen-bond donors (Lipinski definition) is 2. The molecule has 0 aliphatic heterocycles. The topological polar surface area (TPSA) is 24.1 Å². The Labute approximate surface area is 83.5 Å². The summed E-state index contributed by atoms with van der Waals surface area (Å²) in [7, 11) is 4.11. The van der Waals surface area contributed by atoms with E-state index in [0.29, 0.717) is 6.04 Å². The summed E-state index contributed by atoms with van der Waals surface area (Å²) < 4.78 is 0. The van der Waals surface area contributed by atoms with Crippen molar-refractivity contribution in [3.63, 3.8) is 0 Å². The van der Waals surface area contributed by atoms with Gasteiger partial charge in [0.2, 0.25) is 0 Å². The van der Waals surface area contributed by atoms with Gasteiger partial charge in [0.1, 0.15) is 0 Å². The van der Waals surface area contributed by atoms with Crippen molar-refractivity contribution in [2.75, 3.05) is 20.6 Å². The molecule has 2 heteroatoms. The van der Waals surface area contributed by atoms with Gasteiger partial charge in [-0.2, -0.15) is 0 Å². The van der Waals surface area contributed by atoms with Crippen LogP contribution in [0.4, 0.5) is 0 Å². The summed E-state index contributed by atoms with van der Waals surface area (Å²) in [5.74, 6) is 1.49. The SMILES string of the molecule is CCCC(NC)C(CNC)C(C)C. The van der Waals surface area contributed by atoms with E-state index in [1.807, 2.05) is 7.05 Å². The molecule has 0 amide bonds. The van der Waals surface area contributed by atoms with Gasteiger partial charge in [-0.1, -0.05) is 27.2 Å². The second-order valence-electron chi connectivity index (χ2n) is 4.15. The molecule has 2 atom stereocenters. The zero-order chi connectivity index (χ0) is 10.3. The predicted octanol–water partition coefficient (Wildman–Crippen LogP) is 1.87. The van der Waals surface area contributed by atoms with Crippen LogP contribution in [-0.4, -0.2) is 26.7 Å². The van der Waals surface area contributed by atoms with Crippen molar-refractivity contribution in [3.05, 3.63) is 0 Å². The Bertz CT molecular complexity index is 113. The van der Waals surface area contributed by atoms with Crippen LogP contribution in [0.3, 0.4) is 0 Å². The Balaban J connectivity index is 4.11.